The molecule has 3 aromatic heterocycles. The molecule has 0 saturated carbocycles. The van der Waals surface area contributed by atoms with Crippen molar-refractivity contribution in [3.8, 4) is 22.6 Å². The van der Waals surface area contributed by atoms with Gasteiger partial charge in [-0.1, -0.05) is 18.2 Å². The summed E-state index contributed by atoms with van der Waals surface area (Å²) in [7, 11) is 0. The Labute approximate surface area is 143 Å². The molecule has 0 spiro atoms. The van der Waals surface area contributed by atoms with E-state index in [9.17, 15) is 4.79 Å². The Hall–Kier alpha value is -3.67. The average Bonchev–Trinajstić information content (AvgIpc) is 3.35. The molecule has 0 aliphatic carbocycles. The zero-order chi connectivity index (χ0) is 17.1. The molecule has 0 unspecified atom stereocenters. The third kappa shape index (κ3) is 3.18. The highest BCUT2D eigenvalue weighted by molar-refractivity contribution is 6.02. The number of aromatic nitrogens is 3. The number of amides is 1. The first-order valence-corrected chi connectivity index (χ1v) is 7.71. The highest BCUT2D eigenvalue weighted by atomic mass is 16.3. The number of hydrogen-bond acceptors (Lipinski definition) is 4. The molecule has 2 N–H and O–H groups in total. The Bertz CT molecular complexity index is 991. The summed E-state index contributed by atoms with van der Waals surface area (Å²) in [6.45, 7) is 0. The monoisotopic (exact) mass is 330 g/mol. The van der Waals surface area contributed by atoms with E-state index in [2.05, 4.69) is 20.5 Å². The lowest BCUT2D eigenvalue weighted by molar-refractivity contribution is 0.0997. The van der Waals surface area contributed by atoms with Gasteiger partial charge in [0.15, 0.2) is 5.76 Å². The SMILES string of the molecule is O=C(Nc1cccnc1)c1ccc(-c2cccc(-c3ccn[nH]3)c2)o1. The predicted octanol–water partition coefficient (Wildman–Crippen LogP) is 3.98. The number of carbonyl (C=O) groups is 1. The molecule has 25 heavy (non-hydrogen) atoms. The molecule has 1 aromatic carbocycles. The van der Waals surface area contributed by atoms with Crippen molar-refractivity contribution >= 4 is 11.6 Å². The largest absolute Gasteiger partial charge is 0.451 e. The van der Waals surface area contributed by atoms with Gasteiger partial charge in [-0.05, 0) is 36.4 Å². The predicted molar refractivity (Wildman–Crippen MR) is 93.9 cm³/mol. The summed E-state index contributed by atoms with van der Waals surface area (Å²) in [6, 6.07) is 16.7. The number of furan rings is 1. The molecule has 0 aliphatic rings. The van der Waals surface area contributed by atoms with Crippen molar-refractivity contribution in [2.24, 2.45) is 0 Å². The van der Waals surface area contributed by atoms with Crippen LogP contribution in [-0.2, 0) is 0 Å². The van der Waals surface area contributed by atoms with E-state index in [1.807, 2.05) is 30.3 Å². The number of aromatic amines is 1. The van der Waals surface area contributed by atoms with Crippen LogP contribution in [-0.4, -0.2) is 21.1 Å². The molecule has 0 bridgehead atoms. The van der Waals surface area contributed by atoms with E-state index in [-0.39, 0.29) is 11.7 Å². The van der Waals surface area contributed by atoms with Crippen LogP contribution in [0.15, 0.2) is 77.6 Å². The molecule has 0 fully saturated rings. The summed E-state index contributed by atoms with van der Waals surface area (Å²) in [5.41, 5.74) is 3.41. The second-order valence-electron chi connectivity index (χ2n) is 5.41. The fraction of sp³-hybridized carbons (Fsp3) is 0. The van der Waals surface area contributed by atoms with E-state index < -0.39 is 0 Å². The molecule has 4 rings (SSSR count). The maximum absolute atomic E-state index is 12.3. The van der Waals surface area contributed by atoms with Gasteiger partial charge in [0.05, 0.1) is 17.6 Å². The van der Waals surface area contributed by atoms with Crippen LogP contribution < -0.4 is 5.32 Å². The van der Waals surface area contributed by atoms with E-state index in [4.69, 9.17) is 4.42 Å². The second-order valence-corrected chi connectivity index (χ2v) is 5.41. The number of anilines is 1. The molecule has 6 heteroatoms. The first-order valence-electron chi connectivity index (χ1n) is 7.71. The van der Waals surface area contributed by atoms with Crippen molar-refractivity contribution < 1.29 is 9.21 Å². The Morgan fingerprint density at radius 3 is 2.72 bits per heavy atom. The minimum absolute atomic E-state index is 0.241. The molecule has 3 heterocycles. The van der Waals surface area contributed by atoms with E-state index in [0.29, 0.717) is 11.4 Å². The lowest BCUT2D eigenvalue weighted by Gasteiger charge is -2.03. The number of hydrogen-bond donors (Lipinski definition) is 2. The van der Waals surface area contributed by atoms with Gasteiger partial charge in [0.2, 0.25) is 0 Å². The molecule has 1 amide bonds. The van der Waals surface area contributed by atoms with E-state index in [1.165, 1.54) is 0 Å². The van der Waals surface area contributed by atoms with Crippen molar-refractivity contribution in [2.45, 2.75) is 0 Å². The van der Waals surface area contributed by atoms with Crippen molar-refractivity contribution in [3.63, 3.8) is 0 Å². The number of H-pyrrole nitrogens is 1. The third-order valence-corrected chi connectivity index (χ3v) is 3.71. The fourth-order valence-corrected chi connectivity index (χ4v) is 2.50. The van der Waals surface area contributed by atoms with Crippen LogP contribution in [0, 0.1) is 0 Å². The van der Waals surface area contributed by atoms with Gasteiger partial charge < -0.3 is 9.73 Å². The van der Waals surface area contributed by atoms with Crippen molar-refractivity contribution in [1.82, 2.24) is 15.2 Å². The lowest BCUT2D eigenvalue weighted by Crippen LogP contribution is -2.10. The number of benzene rings is 1. The van der Waals surface area contributed by atoms with Crippen molar-refractivity contribution in [2.75, 3.05) is 5.32 Å². The highest BCUT2D eigenvalue weighted by Crippen LogP contribution is 2.27. The molecule has 0 saturated heterocycles. The molecule has 6 nitrogen and oxygen atoms in total. The standard InChI is InChI=1S/C19H14N4O2/c24-19(22-15-5-2-9-20-12-15)18-7-6-17(25-18)14-4-1-3-13(11-14)16-8-10-21-23-16/h1-12H,(H,21,23)(H,22,24). The van der Waals surface area contributed by atoms with Gasteiger partial charge in [-0.15, -0.1) is 0 Å². The number of nitrogens with one attached hydrogen (secondary N) is 2. The Morgan fingerprint density at radius 1 is 1.00 bits per heavy atom. The maximum atomic E-state index is 12.3. The highest BCUT2D eigenvalue weighted by Gasteiger charge is 2.13. The summed E-state index contributed by atoms with van der Waals surface area (Å²) in [4.78, 5) is 16.2. The molecular formula is C19H14N4O2. The van der Waals surface area contributed by atoms with Crippen LogP contribution in [0.25, 0.3) is 22.6 Å². The van der Waals surface area contributed by atoms with E-state index in [1.54, 1.807) is 42.9 Å². The van der Waals surface area contributed by atoms with Crippen molar-refractivity contribution in [3.05, 3.63) is 78.9 Å². The minimum Gasteiger partial charge on any atom is -0.451 e. The Morgan fingerprint density at radius 2 is 1.92 bits per heavy atom. The van der Waals surface area contributed by atoms with Gasteiger partial charge in [-0.25, -0.2) is 0 Å². The zero-order valence-electron chi connectivity index (χ0n) is 13.1. The molecule has 0 atom stereocenters. The van der Waals surface area contributed by atoms with Gasteiger partial charge in [-0.2, -0.15) is 5.10 Å². The minimum atomic E-state index is -0.316. The van der Waals surface area contributed by atoms with Crippen molar-refractivity contribution in [1.29, 1.82) is 0 Å². The van der Waals surface area contributed by atoms with Gasteiger partial charge in [-0.3, -0.25) is 14.9 Å². The smallest absolute Gasteiger partial charge is 0.291 e. The average molecular weight is 330 g/mol. The van der Waals surface area contributed by atoms with Crippen LogP contribution in [0.4, 0.5) is 5.69 Å². The van der Waals surface area contributed by atoms with Crippen LogP contribution in [0.5, 0.6) is 0 Å². The Balaban J connectivity index is 1.57. The van der Waals surface area contributed by atoms with Crippen LogP contribution in [0.3, 0.4) is 0 Å². The summed E-state index contributed by atoms with van der Waals surface area (Å²) in [6.07, 6.45) is 4.93. The molecular weight excluding hydrogens is 316 g/mol. The summed E-state index contributed by atoms with van der Waals surface area (Å²) < 4.78 is 5.72. The topological polar surface area (TPSA) is 83.8 Å². The molecule has 0 radical (unpaired) electrons. The number of carbonyl (C=O) groups excluding carboxylic acids is 1. The first-order chi connectivity index (χ1) is 12.3. The quantitative estimate of drug-likeness (QED) is 0.593. The fourth-order valence-electron chi connectivity index (χ4n) is 2.50. The van der Waals surface area contributed by atoms with Gasteiger partial charge in [0.25, 0.3) is 5.91 Å². The normalized spacial score (nSPS) is 10.6. The van der Waals surface area contributed by atoms with Crippen LogP contribution >= 0.6 is 0 Å². The molecule has 4 aromatic rings. The van der Waals surface area contributed by atoms with Gasteiger partial charge >= 0.3 is 0 Å². The molecule has 122 valence electrons. The van der Waals surface area contributed by atoms with Gasteiger partial charge in [0.1, 0.15) is 5.76 Å². The summed E-state index contributed by atoms with van der Waals surface area (Å²) in [5, 5.41) is 9.64. The zero-order valence-corrected chi connectivity index (χ0v) is 13.1. The number of nitrogens with zero attached hydrogens (tertiary/aromatic N) is 2. The maximum Gasteiger partial charge on any atom is 0.291 e. The van der Waals surface area contributed by atoms with Crippen LogP contribution in [0.1, 0.15) is 10.6 Å². The number of rotatable bonds is 4. The van der Waals surface area contributed by atoms with E-state index >= 15 is 0 Å². The van der Waals surface area contributed by atoms with E-state index in [0.717, 1.165) is 16.8 Å². The second kappa shape index (κ2) is 6.45. The van der Waals surface area contributed by atoms with Gasteiger partial charge in [0, 0.05) is 23.5 Å². The molecule has 0 aliphatic heterocycles. The third-order valence-electron chi connectivity index (χ3n) is 3.71. The summed E-state index contributed by atoms with van der Waals surface area (Å²) >= 11 is 0. The number of pyridine rings is 1. The van der Waals surface area contributed by atoms with Crippen LogP contribution in [0.2, 0.25) is 0 Å². The summed E-state index contributed by atoms with van der Waals surface area (Å²) in [5.74, 6) is 0.549. The Kier molecular flexibility index (Phi) is 3.84. The first kappa shape index (κ1) is 14.9. The lowest BCUT2D eigenvalue weighted by atomic mass is 10.1.